The van der Waals surface area contributed by atoms with Crippen molar-refractivity contribution in [1.29, 1.82) is 0 Å². The smallest absolute Gasteiger partial charge is 0.459 e. The number of hydrogen-bond donors (Lipinski definition) is 2. The van der Waals surface area contributed by atoms with Crippen molar-refractivity contribution in [2.45, 2.75) is 25.3 Å². The number of H-pyrrole nitrogens is 1. The fourth-order valence-electron chi connectivity index (χ4n) is 2.75. The highest BCUT2D eigenvalue weighted by atomic mass is 127. The van der Waals surface area contributed by atoms with Gasteiger partial charge in [0, 0.05) is 10.7 Å². The number of aromatic nitrogens is 2. The van der Waals surface area contributed by atoms with Crippen LogP contribution in [0.3, 0.4) is 0 Å². The molecule has 0 aliphatic carbocycles. The first-order valence-corrected chi connectivity index (χ1v) is 12.9. The van der Waals surface area contributed by atoms with Crippen LogP contribution in [0.15, 0.2) is 56.7 Å². The number of nitrogens with one attached hydrogen (secondary N) is 2. The van der Waals surface area contributed by atoms with Gasteiger partial charge in [-0.2, -0.15) is 5.09 Å². The number of aromatic amines is 1. The average molecular weight is 656 g/mol. The molecule has 0 amide bonds. The molecule has 2 N–H and O–H groups in total. The van der Waals surface area contributed by atoms with E-state index < -0.39 is 43.3 Å². The maximum absolute atomic E-state index is 13.4. The Morgan fingerprint density at radius 3 is 2.70 bits per heavy atom. The van der Waals surface area contributed by atoms with Crippen LogP contribution in [0.25, 0.3) is 0 Å². The summed E-state index contributed by atoms with van der Waals surface area (Å²) in [6.07, 6.45) is 3.15. The van der Waals surface area contributed by atoms with Gasteiger partial charge in [-0.15, -0.1) is 0 Å². The monoisotopic (exact) mass is 655 g/mol. The number of esters is 1. The van der Waals surface area contributed by atoms with Gasteiger partial charge in [0.25, 0.3) is 5.56 Å². The second kappa shape index (κ2) is 11.1. The van der Waals surface area contributed by atoms with Gasteiger partial charge in [-0.1, -0.05) is 22.0 Å². The van der Waals surface area contributed by atoms with Crippen molar-refractivity contribution in [3.05, 3.63) is 71.5 Å². The highest BCUT2D eigenvalue weighted by Gasteiger charge is 2.34. The van der Waals surface area contributed by atoms with E-state index in [2.05, 4.69) is 30.7 Å². The average Bonchev–Trinajstić information content (AvgIpc) is 3.25. The number of benzene rings is 1. The topological polar surface area (TPSA) is 138 Å². The lowest BCUT2D eigenvalue weighted by molar-refractivity contribution is -0.142. The zero-order chi connectivity index (χ0) is 24.2. The molecule has 0 bridgehead atoms. The number of carbonyl (C=O) groups is 1. The molecule has 4 atom stereocenters. The molecule has 1 aliphatic rings. The fraction of sp³-hybridized carbons (Fsp3) is 0.316. The molecule has 0 radical (unpaired) electrons. The lowest BCUT2D eigenvalue weighted by Crippen LogP contribution is -2.35. The molecule has 1 aliphatic heterocycles. The van der Waals surface area contributed by atoms with Gasteiger partial charge in [0.1, 0.15) is 17.9 Å². The predicted molar refractivity (Wildman–Crippen MR) is 130 cm³/mol. The normalized spacial score (nSPS) is 20.2. The third-order valence-electron chi connectivity index (χ3n) is 4.36. The fourth-order valence-corrected chi connectivity index (χ4v) is 4.96. The number of halogens is 2. The van der Waals surface area contributed by atoms with E-state index >= 15 is 0 Å². The van der Waals surface area contributed by atoms with Crippen molar-refractivity contribution in [3.8, 4) is 5.75 Å². The summed E-state index contributed by atoms with van der Waals surface area (Å²) in [4.78, 5) is 37.7. The summed E-state index contributed by atoms with van der Waals surface area (Å²) in [5.41, 5.74) is -1.12. The van der Waals surface area contributed by atoms with Crippen molar-refractivity contribution in [3.63, 3.8) is 0 Å². The van der Waals surface area contributed by atoms with E-state index in [0.717, 1.165) is 4.47 Å². The van der Waals surface area contributed by atoms with E-state index in [0.29, 0.717) is 3.57 Å². The van der Waals surface area contributed by atoms with Crippen molar-refractivity contribution in [1.82, 2.24) is 14.6 Å². The minimum atomic E-state index is -4.04. The van der Waals surface area contributed by atoms with E-state index in [-0.39, 0.29) is 12.4 Å². The number of ether oxygens (including phenoxy) is 2. The molecule has 2 aromatic rings. The van der Waals surface area contributed by atoms with Gasteiger partial charge >= 0.3 is 19.4 Å². The molecule has 2 heterocycles. The van der Waals surface area contributed by atoms with Crippen LogP contribution in [0, 0.1) is 3.57 Å². The van der Waals surface area contributed by atoms with E-state index in [1.54, 1.807) is 36.4 Å². The van der Waals surface area contributed by atoms with Crippen LogP contribution in [0.2, 0.25) is 0 Å². The molecule has 178 valence electrons. The largest absolute Gasteiger partial charge is 0.468 e. The lowest BCUT2D eigenvalue weighted by Gasteiger charge is -2.24. The molecular formula is C19H20BrIN3O8P. The van der Waals surface area contributed by atoms with Crippen LogP contribution >= 0.6 is 46.3 Å². The zero-order valence-electron chi connectivity index (χ0n) is 17.4. The summed E-state index contributed by atoms with van der Waals surface area (Å²) >= 11 is 5.11. The maximum atomic E-state index is 13.4. The van der Waals surface area contributed by atoms with Crippen LogP contribution in [0.4, 0.5) is 0 Å². The number of carbonyl (C=O) groups excluding carboxylic acids is 1. The summed E-state index contributed by atoms with van der Waals surface area (Å²) in [6, 6.07) is 5.57. The van der Waals surface area contributed by atoms with Gasteiger partial charge in [-0.25, -0.2) is 9.36 Å². The lowest BCUT2D eigenvalue weighted by atomic mass is 10.3. The number of rotatable bonds is 9. The molecule has 0 fully saturated rings. The summed E-state index contributed by atoms with van der Waals surface area (Å²) in [5.74, 6) is -0.399. The first-order chi connectivity index (χ1) is 15.6. The summed E-state index contributed by atoms with van der Waals surface area (Å²) in [7, 11) is -2.84. The van der Waals surface area contributed by atoms with Gasteiger partial charge < -0.3 is 14.0 Å². The SMILES string of the molecule is COC(=O)[C@H](C)NP(=O)(OC[C@@H]1C=C[C@H](n2cc(I)c(=O)[nH]c2=O)O1)Oc1ccc(Br)cc1. The van der Waals surface area contributed by atoms with Crippen molar-refractivity contribution < 1.29 is 27.9 Å². The van der Waals surface area contributed by atoms with Gasteiger partial charge in [0.05, 0.1) is 17.3 Å². The second-order valence-corrected chi connectivity index (χ2v) is 10.6. The minimum absolute atomic E-state index is 0.211. The molecule has 1 aromatic carbocycles. The number of nitrogens with zero attached hydrogens (tertiary/aromatic N) is 1. The van der Waals surface area contributed by atoms with Gasteiger partial charge in [0.2, 0.25) is 0 Å². The summed E-state index contributed by atoms with van der Waals surface area (Å²) in [5, 5.41) is 2.55. The van der Waals surface area contributed by atoms with Crippen LogP contribution < -0.4 is 20.9 Å². The predicted octanol–water partition coefficient (Wildman–Crippen LogP) is 2.71. The molecule has 1 unspecified atom stereocenters. The molecule has 1 aromatic heterocycles. The first kappa shape index (κ1) is 25.8. The Kier molecular flexibility index (Phi) is 8.70. The molecule has 14 heteroatoms. The third-order valence-corrected chi connectivity index (χ3v) is 7.30. The van der Waals surface area contributed by atoms with Crippen LogP contribution in [0.5, 0.6) is 5.75 Å². The van der Waals surface area contributed by atoms with Crippen LogP contribution in [-0.4, -0.2) is 41.4 Å². The van der Waals surface area contributed by atoms with Crippen LogP contribution in [0.1, 0.15) is 13.2 Å². The molecule has 33 heavy (non-hydrogen) atoms. The molecule has 11 nitrogen and oxygen atoms in total. The number of methoxy groups -OCH3 is 1. The molecule has 0 saturated heterocycles. The van der Waals surface area contributed by atoms with Gasteiger partial charge in [-0.3, -0.25) is 23.7 Å². The van der Waals surface area contributed by atoms with Crippen molar-refractivity contribution in [2.24, 2.45) is 0 Å². The highest BCUT2D eigenvalue weighted by Crippen LogP contribution is 2.45. The van der Waals surface area contributed by atoms with Gasteiger partial charge in [-0.05, 0) is 59.9 Å². The maximum Gasteiger partial charge on any atom is 0.459 e. The molecule has 3 rings (SSSR count). The Hall–Kier alpha value is -1.77. The van der Waals surface area contributed by atoms with E-state index in [9.17, 15) is 18.9 Å². The van der Waals surface area contributed by atoms with Crippen molar-refractivity contribution >= 4 is 52.2 Å². The van der Waals surface area contributed by atoms with Crippen LogP contribution in [-0.2, 0) is 23.4 Å². The Morgan fingerprint density at radius 2 is 2.03 bits per heavy atom. The van der Waals surface area contributed by atoms with E-state index in [1.165, 1.54) is 24.8 Å². The number of hydrogen-bond acceptors (Lipinski definition) is 8. The van der Waals surface area contributed by atoms with Gasteiger partial charge in [0.15, 0.2) is 6.23 Å². The Morgan fingerprint density at radius 1 is 1.33 bits per heavy atom. The van der Waals surface area contributed by atoms with E-state index in [1.807, 2.05) is 22.6 Å². The Balaban J connectivity index is 1.71. The zero-order valence-corrected chi connectivity index (χ0v) is 22.0. The Labute approximate surface area is 210 Å². The third kappa shape index (κ3) is 6.87. The molecule has 0 spiro atoms. The molecular weight excluding hydrogens is 636 g/mol. The van der Waals surface area contributed by atoms with Crippen molar-refractivity contribution in [2.75, 3.05) is 13.7 Å². The highest BCUT2D eigenvalue weighted by molar-refractivity contribution is 14.1. The molecule has 0 saturated carbocycles. The first-order valence-electron chi connectivity index (χ1n) is 9.50. The Bertz CT molecular complexity index is 1200. The van der Waals surface area contributed by atoms with E-state index in [4.69, 9.17) is 13.8 Å². The second-order valence-electron chi connectivity index (χ2n) is 6.81. The summed E-state index contributed by atoms with van der Waals surface area (Å²) < 4.78 is 37.2. The summed E-state index contributed by atoms with van der Waals surface area (Å²) in [6.45, 7) is 1.25. The standard InChI is InChI=1S/C19H20BrIN3O8P/c1-11(18(26)29-2)23-33(28,32-13-5-3-12(20)4-6-13)30-10-14-7-8-16(31-14)24-9-15(21)17(25)22-19(24)27/h3-9,11,14,16H,10H2,1-2H3,(H,23,28)(H,22,25,27)/t11-,14-,16+,33?/m0/s1. The quantitative estimate of drug-likeness (QED) is 0.181. The minimum Gasteiger partial charge on any atom is -0.468 e.